The molecule has 0 aliphatic carbocycles. The van der Waals surface area contributed by atoms with E-state index in [9.17, 15) is 4.79 Å². The number of carbonyl (C=O) groups excluding carboxylic acids is 1. The van der Waals surface area contributed by atoms with Gasteiger partial charge in [0.15, 0.2) is 5.96 Å². The molecule has 0 radical (unpaired) electrons. The van der Waals surface area contributed by atoms with E-state index >= 15 is 0 Å². The van der Waals surface area contributed by atoms with Crippen LogP contribution in [0.5, 0.6) is 0 Å². The monoisotopic (exact) mass is 501 g/mol. The van der Waals surface area contributed by atoms with E-state index in [1.54, 1.807) is 0 Å². The Morgan fingerprint density at radius 3 is 2.61 bits per heavy atom. The molecule has 1 aliphatic rings. The van der Waals surface area contributed by atoms with Gasteiger partial charge >= 0.3 is 0 Å². The zero-order valence-corrected chi connectivity index (χ0v) is 19.6. The van der Waals surface area contributed by atoms with Crippen molar-refractivity contribution in [1.29, 1.82) is 0 Å². The zero-order chi connectivity index (χ0) is 19.3. The highest BCUT2D eigenvalue weighted by molar-refractivity contribution is 14.0. The summed E-state index contributed by atoms with van der Waals surface area (Å²) in [7, 11) is 0. The summed E-state index contributed by atoms with van der Waals surface area (Å²) in [5, 5.41) is 9.47. The summed E-state index contributed by atoms with van der Waals surface area (Å²) in [4.78, 5) is 19.2. The molecule has 1 amide bonds. The molecule has 1 aromatic rings. The molecule has 0 bridgehead atoms. The molecular formula is C21H36IN5O. The number of benzene rings is 1. The van der Waals surface area contributed by atoms with Crippen molar-refractivity contribution in [2.45, 2.75) is 45.6 Å². The summed E-state index contributed by atoms with van der Waals surface area (Å²) < 4.78 is 0. The maximum atomic E-state index is 12.0. The minimum absolute atomic E-state index is 0. The number of hydrogen-bond acceptors (Lipinski definition) is 3. The highest BCUT2D eigenvalue weighted by atomic mass is 127. The number of piperidine rings is 1. The van der Waals surface area contributed by atoms with Gasteiger partial charge in [-0.3, -0.25) is 9.79 Å². The molecule has 158 valence electrons. The Morgan fingerprint density at radius 2 is 1.89 bits per heavy atom. The smallest absolute Gasteiger partial charge is 0.251 e. The van der Waals surface area contributed by atoms with Gasteiger partial charge in [-0.25, -0.2) is 0 Å². The molecule has 1 heterocycles. The van der Waals surface area contributed by atoms with Crippen LogP contribution in [0.15, 0.2) is 35.3 Å². The maximum Gasteiger partial charge on any atom is 0.251 e. The first-order valence-corrected chi connectivity index (χ1v) is 10.3. The average Bonchev–Trinajstić information content (AvgIpc) is 2.70. The van der Waals surface area contributed by atoms with Gasteiger partial charge in [0.05, 0.1) is 0 Å². The van der Waals surface area contributed by atoms with E-state index in [4.69, 9.17) is 0 Å². The first-order valence-electron chi connectivity index (χ1n) is 10.3. The average molecular weight is 501 g/mol. The molecular weight excluding hydrogens is 465 g/mol. The summed E-state index contributed by atoms with van der Waals surface area (Å²) in [6, 6.07) is 9.99. The summed E-state index contributed by atoms with van der Waals surface area (Å²) >= 11 is 0. The predicted molar refractivity (Wildman–Crippen MR) is 128 cm³/mol. The van der Waals surface area contributed by atoms with Gasteiger partial charge in [-0.1, -0.05) is 24.6 Å². The summed E-state index contributed by atoms with van der Waals surface area (Å²) in [6.45, 7) is 9.58. The van der Waals surface area contributed by atoms with Gasteiger partial charge < -0.3 is 20.9 Å². The fraction of sp³-hybridized carbons (Fsp3) is 0.619. The van der Waals surface area contributed by atoms with Crippen LogP contribution < -0.4 is 16.0 Å². The molecule has 2 rings (SSSR count). The zero-order valence-electron chi connectivity index (χ0n) is 17.2. The van der Waals surface area contributed by atoms with Crippen LogP contribution in [0, 0.1) is 0 Å². The van der Waals surface area contributed by atoms with Gasteiger partial charge in [-0.2, -0.15) is 0 Å². The number of halogens is 1. The van der Waals surface area contributed by atoms with Gasteiger partial charge in [-0.15, -0.1) is 24.0 Å². The van der Waals surface area contributed by atoms with E-state index in [1.165, 1.54) is 25.8 Å². The van der Waals surface area contributed by atoms with Crippen LogP contribution in [-0.4, -0.2) is 62.1 Å². The van der Waals surface area contributed by atoms with Gasteiger partial charge in [0, 0.05) is 44.3 Å². The molecule has 1 saturated heterocycles. The first-order chi connectivity index (χ1) is 13.2. The molecule has 1 aromatic carbocycles. The van der Waals surface area contributed by atoms with E-state index in [1.807, 2.05) is 30.3 Å². The Hall–Kier alpha value is -1.35. The quantitative estimate of drug-likeness (QED) is 0.211. The van der Waals surface area contributed by atoms with E-state index in [2.05, 4.69) is 39.7 Å². The Morgan fingerprint density at radius 1 is 1.14 bits per heavy atom. The third kappa shape index (κ3) is 9.23. The predicted octanol–water partition coefficient (Wildman–Crippen LogP) is 2.85. The van der Waals surface area contributed by atoms with Gasteiger partial charge in [0.2, 0.25) is 0 Å². The molecule has 1 unspecified atom stereocenters. The molecule has 0 saturated carbocycles. The van der Waals surface area contributed by atoms with Crippen molar-refractivity contribution >= 4 is 35.8 Å². The van der Waals surface area contributed by atoms with Gasteiger partial charge in [0.1, 0.15) is 0 Å². The molecule has 0 aromatic heterocycles. The van der Waals surface area contributed by atoms with Crippen LogP contribution >= 0.6 is 24.0 Å². The standard InChI is InChI=1S/C21H35N5O.HI/c1-3-22-21(24-13-9-17-26-16-8-7-10-18(26)2)25-15-14-23-20(27)19-11-5-4-6-12-19;/h4-6,11-12,18H,3,7-10,13-17H2,1-2H3,(H,23,27)(H2,22,24,25);1H. The van der Waals surface area contributed by atoms with Crippen LogP contribution in [0.2, 0.25) is 0 Å². The largest absolute Gasteiger partial charge is 0.357 e. The lowest BCUT2D eigenvalue weighted by molar-refractivity contribution is 0.0954. The lowest BCUT2D eigenvalue weighted by Crippen LogP contribution is -2.42. The molecule has 6 nitrogen and oxygen atoms in total. The van der Waals surface area contributed by atoms with Crippen molar-refractivity contribution < 1.29 is 4.79 Å². The Kier molecular flexibility index (Phi) is 12.9. The van der Waals surface area contributed by atoms with Crippen LogP contribution in [0.25, 0.3) is 0 Å². The molecule has 0 spiro atoms. The Labute approximate surface area is 187 Å². The Bertz CT molecular complexity index is 581. The lowest BCUT2D eigenvalue weighted by atomic mass is 10.0. The molecule has 1 fully saturated rings. The first kappa shape index (κ1) is 24.7. The number of nitrogens with zero attached hydrogens (tertiary/aromatic N) is 2. The number of rotatable bonds is 9. The van der Waals surface area contributed by atoms with Gasteiger partial charge in [-0.05, 0) is 51.8 Å². The van der Waals surface area contributed by atoms with E-state index in [0.717, 1.165) is 32.0 Å². The van der Waals surface area contributed by atoms with Crippen molar-refractivity contribution in [2.75, 3.05) is 39.3 Å². The molecule has 1 aliphatic heterocycles. The maximum absolute atomic E-state index is 12.0. The fourth-order valence-corrected chi connectivity index (χ4v) is 3.34. The van der Waals surface area contributed by atoms with Crippen molar-refractivity contribution in [3.8, 4) is 0 Å². The number of carbonyl (C=O) groups is 1. The number of likely N-dealkylation sites (tertiary alicyclic amines) is 1. The molecule has 7 heteroatoms. The van der Waals surface area contributed by atoms with E-state index in [-0.39, 0.29) is 29.9 Å². The van der Waals surface area contributed by atoms with Crippen LogP contribution in [-0.2, 0) is 0 Å². The minimum Gasteiger partial charge on any atom is -0.357 e. The molecule has 28 heavy (non-hydrogen) atoms. The van der Waals surface area contributed by atoms with E-state index in [0.29, 0.717) is 24.7 Å². The second-order valence-electron chi connectivity index (χ2n) is 7.04. The minimum atomic E-state index is -0.0463. The van der Waals surface area contributed by atoms with Crippen molar-refractivity contribution in [3.05, 3.63) is 35.9 Å². The topological polar surface area (TPSA) is 68.8 Å². The highest BCUT2D eigenvalue weighted by Gasteiger charge is 2.16. The third-order valence-electron chi connectivity index (χ3n) is 4.90. The van der Waals surface area contributed by atoms with Crippen LogP contribution in [0.4, 0.5) is 0 Å². The second kappa shape index (κ2) is 14.6. The number of aliphatic imine (C=N–C) groups is 1. The highest BCUT2D eigenvalue weighted by Crippen LogP contribution is 2.16. The van der Waals surface area contributed by atoms with Crippen LogP contribution in [0.3, 0.4) is 0 Å². The lowest BCUT2D eigenvalue weighted by Gasteiger charge is -2.33. The van der Waals surface area contributed by atoms with Crippen molar-refractivity contribution in [2.24, 2.45) is 4.99 Å². The number of nitrogens with one attached hydrogen (secondary N) is 3. The van der Waals surface area contributed by atoms with Gasteiger partial charge in [0.25, 0.3) is 5.91 Å². The second-order valence-corrected chi connectivity index (χ2v) is 7.04. The van der Waals surface area contributed by atoms with Crippen molar-refractivity contribution in [3.63, 3.8) is 0 Å². The third-order valence-corrected chi connectivity index (χ3v) is 4.90. The van der Waals surface area contributed by atoms with Crippen molar-refractivity contribution in [1.82, 2.24) is 20.9 Å². The van der Waals surface area contributed by atoms with E-state index < -0.39 is 0 Å². The van der Waals surface area contributed by atoms with Crippen LogP contribution in [0.1, 0.15) is 49.9 Å². The molecule has 1 atom stereocenters. The summed E-state index contributed by atoms with van der Waals surface area (Å²) in [5.41, 5.74) is 0.685. The Balaban J connectivity index is 0.00000392. The number of amides is 1. The normalized spacial score (nSPS) is 17.5. The SMILES string of the molecule is CCNC(=NCCCN1CCCCC1C)NCCNC(=O)c1ccccc1.I. The molecule has 3 N–H and O–H groups in total. The fourth-order valence-electron chi connectivity index (χ4n) is 3.34. The summed E-state index contributed by atoms with van der Waals surface area (Å²) in [5.74, 6) is 0.771. The number of hydrogen-bond donors (Lipinski definition) is 3. The summed E-state index contributed by atoms with van der Waals surface area (Å²) in [6.07, 6.45) is 5.09. The number of guanidine groups is 1.